The first-order chi connectivity index (χ1) is 11.1. The van der Waals surface area contributed by atoms with Gasteiger partial charge in [0.1, 0.15) is 5.60 Å². The molecule has 5 nitrogen and oxygen atoms in total. The smallest absolute Gasteiger partial charge is 0.190 e. The zero-order valence-electron chi connectivity index (χ0n) is 13.4. The summed E-state index contributed by atoms with van der Waals surface area (Å²) in [4.78, 5) is 14.8. The monoisotopic (exact) mass is 311 g/mol. The number of benzene rings is 1. The number of ether oxygens (including phenoxy) is 1. The SMILES string of the molecule is Cn1cc2c(n1)C(=O)CC1(CCN(Cc3ccccc3)CC1)O2. The zero-order chi connectivity index (χ0) is 15.9. The van der Waals surface area contributed by atoms with Crippen molar-refractivity contribution in [1.29, 1.82) is 0 Å². The van der Waals surface area contributed by atoms with Crippen LogP contribution < -0.4 is 4.74 Å². The second-order valence-electron chi connectivity index (χ2n) is 6.66. The molecule has 0 aliphatic carbocycles. The molecule has 2 aliphatic heterocycles. The summed E-state index contributed by atoms with van der Waals surface area (Å²) < 4.78 is 7.88. The number of likely N-dealkylation sites (tertiary alicyclic amines) is 1. The molecule has 120 valence electrons. The van der Waals surface area contributed by atoms with Gasteiger partial charge in [0.2, 0.25) is 0 Å². The normalized spacial score (nSPS) is 20.3. The van der Waals surface area contributed by atoms with Gasteiger partial charge in [-0.1, -0.05) is 30.3 Å². The Labute approximate surface area is 135 Å². The molecule has 0 N–H and O–H groups in total. The first-order valence-electron chi connectivity index (χ1n) is 8.16. The molecule has 1 saturated heterocycles. The Bertz CT molecular complexity index is 715. The molecular weight excluding hydrogens is 290 g/mol. The molecule has 0 unspecified atom stereocenters. The van der Waals surface area contributed by atoms with Gasteiger partial charge in [-0.25, -0.2) is 0 Å². The quantitative estimate of drug-likeness (QED) is 0.854. The van der Waals surface area contributed by atoms with Gasteiger partial charge in [0.15, 0.2) is 17.2 Å². The van der Waals surface area contributed by atoms with Crippen LogP contribution in [0.3, 0.4) is 0 Å². The van der Waals surface area contributed by atoms with Crippen molar-refractivity contribution in [2.45, 2.75) is 31.4 Å². The lowest BCUT2D eigenvalue weighted by molar-refractivity contribution is -0.0108. The van der Waals surface area contributed by atoms with E-state index in [4.69, 9.17) is 4.74 Å². The van der Waals surface area contributed by atoms with Crippen molar-refractivity contribution in [1.82, 2.24) is 14.7 Å². The van der Waals surface area contributed by atoms with E-state index in [1.54, 1.807) is 4.68 Å². The minimum absolute atomic E-state index is 0.114. The van der Waals surface area contributed by atoms with Crippen LogP contribution in [0.25, 0.3) is 0 Å². The van der Waals surface area contributed by atoms with Crippen molar-refractivity contribution in [2.75, 3.05) is 13.1 Å². The molecule has 0 saturated carbocycles. The van der Waals surface area contributed by atoms with Gasteiger partial charge in [0.05, 0.1) is 12.6 Å². The maximum absolute atomic E-state index is 12.4. The predicted molar refractivity (Wildman–Crippen MR) is 86.5 cm³/mol. The molecular formula is C18H21N3O2. The summed E-state index contributed by atoms with van der Waals surface area (Å²) in [7, 11) is 1.82. The highest BCUT2D eigenvalue weighted by atomic mass is 16.5. The summed E-state index contributed by atoms with van der Waals surface area (Å²) in [6, 6.07) is 10.5. The number of Topliss-reactive ketones (excluding diaryl/α,β-unsaturated/α-hetero) is 1. The molecule has 0 atom stereocenters. The number of hydrogen-bond donors (Lipinski definition) is 0. The van der Waals surface area contributed by atoms with Crippen LogP contribution in [0.5, 0.6) is 5.75 Å². The second-order valence-corrected chi connectivity index (χ2v) is 6.66. The molecule has 1 spiro atoms. The van der Waals surface area contributed by atoms with E-state index in [0.717, 1.165) is 32.5 Å². The van der Waals surface area contributed by atoms with Crippen molar-refractivity contribution in [3.63, 3.8) is 0 Å². The fraction of sp³-hybridized carbons (Fsp3) is 0.444. The summed E-state index contributed by atoms with van der Waals surface area (Å²) in [5.74, 6) is 0.767. The van der Waals surface area contributed by atoms with Crippen molar-refractivity contribution in [3.05, 3.63) is 47.8 Å². The van der Waals surface area contributed by atoms with Crippen LogP contribution in [0.15, 0.2) is 36.5 Å². The van der Waals surface area contributed by atoms with E-state index >= 15 is 0 Å². The molecule has 2 aromatic rings. The number of aromatic nitrogens is 2. The maximum Gasteiger partial charge on any atom is 0.190 e. The van der Waals surface area contributed by atoms with Gasteiger partial charge in [-0.05, 0) is 5.56 Å². The summed E-state index contributed by atoms with van der Waals surface area (Å²) in [6.45, 7) is 2.87. The standard InChI is InChI=1S/C18H21N3O2/c1-20-13-16-17(19-20)15(22)11-18(23-16)7-9-21(10-8-18)12-14-5-3-2-4-6-14/h2-6,13H,7-12H2,1H3. The Morgan fingerprint density at radius 1 is 1.22 bits per heavy atom. The number of carbonyl (C=O) groups is 1. The van der Waals surface area contributed by atoms with E-state index in [2.05, 4.69) is 34.3 Å². The summed E-state index contributed by atoms with van der Waals surface area (Å²) in [6.07, 6.45) is 4.04. The molecule has 5 heteroatoms. The average Bonchev–Trinajstić information content (AvgIpc) is 2.92. The van der Waals surface area contributed by atoms with Gasteiger partial charge in [-0.15, -0.1) is 0 Å². The fourth-order valence-electron chi connectivity index (χ4n) is 3.62. The summed E-state index contributed by atoms with van der Waals surface area (Å²) in [5.41, 5.74) is 1.49. The van der Waals surface area contributed by atoms with E-state index in [0.29, 0.717) is 17.9 Å². The Balaban J connectivity index is 1.44. The number of fused-ring (bicyclic) bond motifs is 1. The molecule has 0 radical (unpaired) electrons. The maximum atomic E-state index is 12.4. The van der Waals surface area contributed by atoms with Gasteiger partial charge in [0, 0.05) is 39.5 Å². The largest absolute Gasteiger partial charge is 0.483 e. The Morgan fingerprint density at radius 3 is 2.70 bits per heavy atom. The van der Waals surface area contributed by atoms with E-state index in [9.17, 15) is 4.79 Å². The van der Waals surface area contributed by atoms with Crippen LogP contribution in [0.2, 0.25) is 0 Å². The second kappa shape index (κ2) is 5.49. The highest BCUT2D eigenvalue weighted by Crippen LogP contribution is 2.38. The van der Waals surface area contributed by atoms with Crippen LogP contribution in [-0.4, -0.2) is 39.2 Å². The number of aryl methyl sites for hydroxylation is 1. The topological polar surface area (TPSA) is 47.4 Å². The number of hydrogen-bond acceptors (Lipinski definition) is 4. The third-order valence-corrected chi connectivity index (χ3v) is 4.88. The fourth-order valence-corrected chi connectivity index (χ4v) is 3.62. The molecule has 0 bridgehead atoms. The first-order valence-corrected chi connectivity index (χ1v) is 8.16. The predicted octanol–water partition coefficient (Wildman–Crippen LogP) is 2.42. The molecule has 0 amide bonds. The molecule has 23 heavy (non-hydrogen) atoms. The highest BCUT2D eigenvalue weighted by molar-refractivity contribution is 5.98. The van der Waals surface area contributed by atoms with Crippen LogP contribution in [0.4, 0.5) is 0 Å². The van der Waals surface area contributed by atoms with Gasteiger partial charge in [-0.3, -0.25) is 14.4 Å². The molecule has 1 aromatic carbocycles. The van der Waals surface area contributed by atoms with Crippen molar-refractivity contribution >= 4 is 5.78 Å². The molecule has 2 aliphatic rings. The van der Waals surface area contributed by atoms with E-state index in [1.807, 2.05) is 19.3 Å². The molecule has 3 heterocycles. The zero-order valence-corrected chi connectivity index (χ0v) is 13.4. The Morgan fingerprint density at radius 2 is 1.96 bits per heavy atom. The molecule has 1 fully saturated rings. The van der Waals surface area contributed by atoms with Crippen LogP contribution in [0.1, 0.15) is 35.3 Å². The van der Waals surface area contributed by atoms with Gasteiger partial charge in [-0.2, -0.15) is 5.10 Å². The van der Waals surface area contributed by atoms with Gasteiger partial charge in [0.25, 0.3) is 0 Å². The lowest BCUT2D eigenvalue weighted by Gasteiger charge is -2.43. The van der Waals surface area contributed by atoms with Gasteiger partial charge < -0.3 is 4.74 Å². The Kier molecular flexibility index (Phi) is 3.45. The number of piperidine rings is 1. The average molecular weight is 311 g/mol. The van der Waals surface area contributed by atoms with Crippen molar-refractivity contribution in [2.24, 2.45) is 7.05 Å². The van der Waals surface area contributed by atoms with E-state index < -0.39 is 0 Å². The van der Waals surface area contributed by atoms with Crippen LogP contribution >= 0.6 is 0 Å². The summed E-state index contributed by atoms with van der Waals surface area (Å²) in [5, 5.41) is 4.21. The number of carbonyl (C=O) groups excluding carboxylic acids is 1. The highest BCUT2D eigenvalue weighted by Gasteiger charge is 2.44. The van der Waals surface area contributed by atoms with E-state index in [1.165, 1.54) is 5.56 Å². The third kappa shape index (κ3) is 2.77. The lowest BCUT2D eigenvalue weighted by atomic mass is 9.83. The number of ketones is 1. The van der Waals surface area contributed by atoms with Crippen LogP contribution in [0, 0.1) is 0 Å². The van der Waals surface area contributed by atoms with Gasteiger partial charge >= 0.3 is 0 Å². The number of rotatable bonds is 2. The first kappa shape index (κ1) is 14.5. The molecule has 4 rings (SSSR count). The lowest BCUT2D eigenvalue weighted by Crippen LogP contribution is -2.50. The molecule has 1 aromatic heterocycles. The minimum atomic E-state index is -0.333. The Hall–Kier alpha value is -2.14. The van der Waals surface area contributed by atoms with Crippen molar-refractivity contribution in [3.8, 4) is 5.75 Å². The van der Waals surface area contributed by atoms with E-state index in [-0.39, 0.29) is 11.4 Å². The minimum Gasteiger partial charge on any atom is -0.483 e. The third-order valence-electron chi connectivity index (χ3n) is 4.88. The number of nitrogens with zero attached hydrogens (tertiary/aromatic N) is 3. The van der Waals surface area contributed by atoms with Crippen LogP contribution in [-0.2, 0) is 13.6 Å². The van der Waals surface area contributed by atoms with Crippen molar-refractivity contribution < 1.29 is 9.53 Å². The summed E-state index contributed by atoms with van der Waals surface area (Å²) >= 11 is 0.